The number of halogens is 2. The summed E-state index contributed by atoms with van der Waals surface area (Å²) in [6.07, 6.45) is 7.65. The van der Waals surface area contributed by atoms with E-state index in [1.54, 1.807) is 26.0 Å². The second kappa shape index (κ2) is 10.3. The summed E-state index contributed by atoms with van der Waals surface area (Å²) in [6, 6.07) is 4.67. The monoisotopic (exact) mass is 461 g/mol. The highest BCUT2D eigenvalue weighted by molar-refractivity contribution is 6.36. The maximum atomic E-state index is 13.0. The Morgan fingerprint density at radius 3 is 2.77 bits per heavy atom. The van der Waals surface area contributed by atoms with E-state index in [9.17, 15) is 14.4 Å². The number of hydrogen-bond donors (Lipinski definition) is 1. The smallest absolute Gasteiger partial charge is 0.322 e. The number of amidine groups is 1. The molecule has 9 heteroatoms. The summed E-state index contributed by atoms with van der Waals surface area (Å²) in [5.41, 5.74) is -0.587. The lowest BCUT2D eigenvalue weighted by molar-refractivity contribution is -0.143. The predicted octanol–water partition coefficient (Wildman–Crippen LogP) is 3.74. The van der Waals surface area contributed by atoms with Crippen molar-refractivity contribution in [3.05, 3.63) is 28.2 Å². The summed E-state index contributed by atoms with van der Waals surface area (Å²) < 4.78 is 4.77. The lowest BCUT2D eigenvalue weighted by Crippen LogP contribution is -2.43. The molecule has 2 rings (SSSR count). The van der Waals surface area contributed by atoms with Crippen LogP contribution in [-0.2, 0) is 19.1 Å². The van der Waals surface area contributed by atoms with Crippen LogP contribution < -0.4 is 10.3 Å². The fourth-order valence-electron chi connectivity index (χ4n) is 2.98. The molecule has 31 heavy (non-hydrogen) atoms. The fourth-order valence-corrected chi connectivity index (χ4v) is 3.34. The molecule has 1 heterocycles. The van der Waals surface area contributed by atoms with Crippen LogP contribution >= 0.6 is 23.2 Å². The number of anilines is 1. The first kappa shape index (κ1) is 24.3. The van der Waals surface area contributed by atoms with E-state index in [1.807, 2.05) is 12.8 Å². The largest absolute Gasteiger partial charge is 0.371 e. The Labute approximate surface area is 191 Å². The minimum Gasteiger partial charge on any atom is -0.371 e. The van der Waals surface area contributed by atoms with E-state index in [0.717, 1.165) is 5.01 Å². The van der Waals surface area contributed by atoms with Gasteiger partial charge >= 0.3 is 5.97 Å². The van der Waals surface area contributed by atoms with Crippen LogP contribution in [0.1, 0.15) is 40.0 Å². The first-order chi connectivity index (χ1) is 14.6. The molecule has 0 aliphatic carbocycles. The molecule has 1 aliphatic heterocycles. The first-order valence-electron chi connectivity index (χ1n) is 9.44. The third-order valence-electron chi connectivity index (χ3n) is 4.93. The van der Waals surface area contributed by atoms with Crippen molar-refractivity contribution in [3.8, 4) is 24.4 Å². The van der Waals surface area contributed by atoms with Gasteiger partial charge in [-0.3, -0.25) is 14.4 Å². The predicted molar refractivity (Wildman–Crippen MR) is 119 cm³/mol. The van der Waals surface area contributed by atoms with Crippen molar-refractivity contribution >= 4 is 52.5 Å². The molecule has 1 aromatic carbocycles. The van der Waals surface area contributed by atoms with Crippen molar-refractivity contribution in [1.29, 1.82) is 0 Å². The van der Waals surface area contributed by atoms with E-state index < -0.39 is 17.3 Å². The summed E-state index contributed by atoms with van der Waals surface area (Å²) in [6.45, 7) is 5.19. The van der Waals surface area contributed by atoms with Gasteiger partial charge < -0.3 is 10.1 Å². The van der Waals surface area contributed by atoms with Crippen molar-refractivity contribution in [2.45, 2.75) is 40.0 Å². The number of nitrogens with one attached hydrogen (secondary N) is 1. The molecule has 0 saturated carbocycles. The molecule has 0 saturated heterocycles. The zero-order valence-electron chi connectivity index (χ0n) is 17.3. The zero-order valence-corrected chi connectivity index (χ0v) is 18.8. The van der Waals surface area contributed by atoms with E-state index in [1.165, 1.54) is 6.07 Å². The maximum Gasteiger partial charge on any atom is 0.322 e. The molecule has 2 atom stereocenters. The summed E-state index contributed by atoms with van der Waals surface area (Å²) in [4.78, 5) is 37.4. The fraction of sp³-hybridized carbons (Fsp3) is 0.364. The molecule has 7 nitrogen and oxygen atoms in total. The van der Waals surface area contributed by atoms with Crippen LogP contribution in [0.25, 0.3) is 0 Å². The number of carbonyl (C=O) groups excluding carboxylic acids is 3. The Morgan fingerprint density at radius 2 is 2.13 bits per heavy atom. The molecule has 0 radical (unpaired) electrons. The Bertz CT molecular complexity index is 1040. The van der Waals surface area contributed by atoms with E-state index in [4.69, 9.17) is 34.4 Å². The molecule has 1 aromatic rings. The number of carbonyl (C=O) groups is 3. The first-order valence-corrected chi connectivity index (χ1v) is 10.2. The van der Waals surface area contributed by atoms with Crippen molar-refractivity contribution in [2.75, 3.05) is 5.01 Å². The number of amides is 2. The summed E-state index contributed by atoms with van der Waals surface area (Å²) in [7, 11) is 0. The van der Waals surface area contributed by atoms with Crippen molar-refractivity contribution in [3.63, 3.8) is 0 Å². The van der Waals surface area contributed by atoms with Gasteiger partial charge in [0, 0.05) is 16.4 Å². The Balaban J connectivity index is 2.12. The summed E-state index contributed by atoms with van der Waals surface area (Å²) in [5.74, 6) is 2.52. The Kier molecular flexibility index (Phi) is 8.10. The molecule has 2 unspecified atom stereocenters. The lowest BCUT2D eigenvalue weighted by Gasteiger charge is -2.28. The average Bonchev–Trinajstić information content (AvgIpc) is 3.09. The van der Waals surface area contributed by atoms with E-state index in [0.29, 0.717) is 22.2 Å². The lowest BCUT2D eigenvalue weighted by atomic mass is 9.78. The van der Waals surface area contributed by atoms with Gasteiger partial charge in [0.05, 0.1) is 23.0 Å². The summed E-state index contributed by atoms with van der Waals surface area (Å²) in [5, 5.41) is 8.69. The zero-order chi connectivity index (χ0) is 23.2. The van der Waals surface area contributed by atoms with Gasteiger partial charge in [-0.15, -0.1) is 6.42 Å². The van der Waals surface area contributed by atoms with Gasteiger partial charge in [-0.25, -0.2) is 0 Å². The van der Waals surface area contributed by atoms with Gasteiger partial charge in [0.2, 0.25) is 5.91 Å². The second-order valence-electron chi connectivity index (χ2n) is 7.29. The van der Waals surface area contributed by atoms with Crippen LogP contribution in [0.5, 0.6) is 0 Å². The van der Waals surface area contributed by atoms with E-state index in [2.05, 4.69) is 22.4 Å². The van der Waals surface area contributed by atoms with Crippen LogP contribution in [0, 0.1) is 35.7 Å². The molecule has 162 valence electrons. The van der Waals surface area contributed by atoms with Crippen LogP contribution in [-0.4, -0.2) is 23.6 Å². The third kappa shape index (κ3) is 6.01. The Morgan fingerprint density at radius 1 is 1.42 bits per heavy atom. The van der Waals surface area contributed by atoms with Gasteiger partial charge in [-0.1, -0.05) is 44.0 Å². The summed E-state index contributed by atoms with van der Waals surface area (Å²) >= 11 is 12.1. The van der Waals surface area contributed by atoms with Crippen LogP contribution in [0.15, 0.2) is 23.3 Å². The molecule has 0 bridgehead atoms. The van der Waals surface area contributed by atoms with Crippen LogP contribution in [0.2, 0.25) is 10.0 Å². The number of hydrazone groups is 1. The molecular weight excluding hydrogens is 441 g/mol. The molecule has 0 fully saturated rings. The molecule has 0 spiro atoms. The van der Waals surface area contributed by atoms with Crippen molar-refractivity contribution < 1.29 is 19.1 Å². The average molecular weight is 462 g/mol. The third-order valence-corrected chi connectivity index (χ3v) is 5.49. The SMILES string of the molecule is C#CC#COC(=O)C(C)CC(C)(CC)C(=O)NC1=NN(c2cc(Cl)ccc2Cl)C(=O)C1. The second-order valence-corrected chi connectivity index (χ2v) is 8.13. The van der Waals surface area contributed by atoms with Gasteiger partial charge in [-0.2, -0.15) is 10.1 Å². The van der Waals surface area contributed by atoms with Crippen LogP contribution in [0.4, 0.5) is 5.69 Å². The molecule has 0 aromatic heterocycles. The molecule has 1 N–H and O–H groups in total. The molecule has 1 aliphatic rings. The number of hydrogen-bond acceptors (Lipinski definition) is 5. The number of terminal acetylenes is 1. The normalized spacial score (nSPS) is 15.7. The van der Waals surface area contributed by atoms with Crippen molar-refractivity contribution in [1.82, 2.24) is 5.32 Å². The standard InChI is InChI=1S/C22H21Cl2N3O4/c1-5-7-10-31-20(29)14(3)13-22(4,6-2)21(30)25-18-12-19(28)27(26-18)17-11-15(23)8-9-16(17)24/h1,8-9,11,14H,6,12-13H2,2-4H3,(H,25,26,30). The van der Waals surface area contributed by atoms with Crippen LogP contribution in [0.3, 0.4) is 0 Å². The van der Waals surface area contributed by atoms with Gasteiger partial charge in [0.25, 0.3) is 5.91 Å². The quantitative estimate of drug-likeness (QED) is 0.516. The molecule has 2 amide bonds. The minimum atomic E-state index is -0.912. The van der Waals surface area contributed by atoms with Gasteiger partial charge in [0.1, 0.15) is 11.9 Å². The van der Waals surface area contributed by atoms with Gasteiger partial charge in [0.15, 0.2) is 0 Å². The number of rotatable bonds is 6. The number of benzene rings is 1. The topological polar surface area (TPSA) is 88.1 Å². The van der Waals surface area contributed by atoms with Crippen molar-refractivity contribution in [2.24, 2.45) is 16.4 Å². The number of ether oxygens (including phenoxy) is 1. The highest BCUT2D eigenvalue weighted by Crippen LogP contribution is 2.33. The highest BCUT2D eigenvalue weighted by Gasteiger charge is 2.37. The Hall–Kier alpha value is -3.00. The number of nitrogens with zero attached hydrogens (tertiary/aromatic N) is 2. The maximum absolute atomic E-state index is 13.0. The van der Waals surface area contributed by atoms with E-state index >= 15 is 0 Å². The van der Waals surface area contributed by atoms with Gasteiger partial charge in [-0.05, 0) is 37.0 Å². The number of esters is 1. The molecular formula is C22H21Cl2N3O4. The highest BCUT2D eigenvalue weighted by atomic mass is 35.5. The minimum absolute atomic E-state index is 0.104. The van der Waals surface area contributed by atoms with E-state index in [-0.39, 0.29) is 30.5 Å².